The highest BCUT2D eigenvalue weighted by molar-refractivity contribution is 6.30. The first-order valence-corrected chi connectivity index (χ1v) is 3.86. The summed E-state index contributed by atoms with van der Waals surface area (Å²) in [5, 5.41) is 0.106. The van der Waals surface area contributed by atoms with Gasteiger partial charge in [0.2, 0.25) is 0 Å². The van der Waals surface area contributed by atoms with Gasteiger partial charge in [-0.1, -0.05) is 23.7 Å². The lowest BCUT2D eigenvalue weighted by Gasteiger charge is -2.06. The van der Waals surface area contributed by atoms with E-state index in [4.69, 9.17) is 17.3 Å². The second-order valence-corrected chi connectivity index (χ2v) is 2.84. The third-order valence-corrected chi connectivity index (χ3v) is 1.89. The number of hydrogen-bond donors (Lipinski definition) is 1. The molecule has 1 nitrogen and oxygen atoms in total. The fraction of sp³-hybridized carbons (Fsp3) is 0.111. The van der Waals surface area contributed by atoms with Crippen molar-refractivity contribution in [3.05, 3.63) is 47.3 Å². The van der Waals surface area contributed by atoms with Gasteiger partial charge in [0.05, 0.1) is 5.02 Å². The molecule has 12 heavy (non-hydrogen) atoms. The van der Waals surface area contributed by atoms with Crippen molar-refractivity contribution >= 4 is 11.6 Å². The maximum absolute atomic E-state index is 12.9. The van der Waals surface area contributed by atoms with E-state index in [1.54, 1.807) is 12.1 Å². The van der Waals surface area contributed by atoms with Gasteiger partial charge >= 0.3 is 0 Å². The Bertz CT molecular complexity index is 299. The van der Waals surface area contributed by atoms with E-state index in [1.165, 1.54) is 12.1 Å². The molecule has 1 aromatic carbocycles. The summed E-state index contributed by atoms with van der Waals surface area (Å²) in [5.74, 6) is -0.452. The lowest BCUT2D eigenvalue weighted by Crippen LogP contribution is -2.06. The Kier molecular flexibility index (Phi) is 2.84. The number of benzene rings is 1. The summed E-state index contributed by atoms with van der Waals surface area (Å²) >= 11 is 5.49. The molecular weight excluding hydrogens is 177 g/mol. The van der Waals surface area contributed by atoms with Gasteiger partial charge in [0.15, 0.2) is 0 Å². The third kappa shape index (κ3) is 1.84. The van der Waals surface area contributed by atoms with Crippen molar-refractivity contribution in [2.24, 2.45) is 5.73 Å². The molecule has 0 aliphatic rings. The minimum atomic E-state index is -0.452. The monoisotopic (exact) mass is 185 g/mol. The zero-order chi connectivity index (χ0) is 9.14. The molecule has 0 heterocycles. The van der Waals surface area contributed by atoms with E-state index in [-0.39, 0.29) is 11.1 Å². The number of hydrogen-bond acceptors (Lipinski definition) is 1. The molecule has 64 valence electrons. The molecule has 1 atom stereocenters. The lowest BCUT2D eigenvalue weighted by molar-refractivity contribution is 0.624. The minimum Gasteiger partial charge on any atom is -0.321 e. The van der Waals surface area contributed by atoms with Gasteiger partial charge in [-0.3, -0.25) is 0 Å². The maximum atomic E-state index is 12.9. The highest BCUT2D eigenvalue weighted by Crippen LogP contribution is 2.19. The quantitative estimate of drug-likeness (QED) is 0.705. The summed E-state index contributed by atoms with van der Waals surface area (Å²) in [6, 6.07) is 4.14. The Morgan fingerprint density at radius 1 is 1.58 bits per heavy atom. The van der Waals surface area contributed by atoms with Crippen LogP contribution in [0.3, 0.4) is 0 Å². The summed E-state index contributed by atoms with van der Waals surface area (Å²) in [4.78, 5) is 0. The molecule has 1 rings (SSSR count). The lowest BCUT2D eigenvalue weighted by atomic mass is 10.1. The van der Waals surface area contributed by atoms with Crippen LogP contribution in [0.15, 0.2) is 30.9 Å². The second-order valence-electron chi connectivity index (χ2n) is 2.44. The highest BCUT2D eigenvalue weighted by atomic mass is 35.5. The molecule has 0 aromatic heterocycles. The topological polar surface area (TPSA) is 26.0 Å². The zero-order valence-electron chi connectivity index (χ0n) is 6.43. The zero-order valence-corrected chi connectivity index (χ0v) is 7.18. The summed E-state index contributed by atoms with van der Waals surface area (Å²) in [6.07, 6.45) is 1.54. The van der Waals surface area contributed by atoms with Crippen molar-refractivity contribution in [3.63, 3.8) is 0 Å². The molecule has 3 heteroatoms. The van der Waals surface area contributed by atoms with Gasteiger partial charge in [0.1, 0.15) is 5.82 Å². The van der Waals surface area contributed by atoms with Crippen molar-refractivity contribution in [2.75, 3.05) is 0 Å². The van der Waals surface area contributed by atoms with Gasteiger partial charge in [-0.05, 0) is 17.7 Å². The van der Waals surface area contributed by atoms with E-state index in [0.717, 1.165) is 0 Å². The average Bonchev–Trinajstić information content (AvgIpc) is 2.08. The Morgan fingerprint density at radius 2 is 2.25 bits per heavy atom. The fourth-order valence-electron chi connectivity index (χ4n) is 0.856. The van der Waals surface area contributed by atoms with Crippen LogP contribution in [-0.2, 0) is 0 Å². The first-order chi connectivity index (χ1) is 5.65. The van der Waals surface area contributed by atoms with Crippen molar-refractivity contribution in [1.29, 1.82) is 0 Å². The van der Waals surface area contributed by atoms with Crippen LogP contribution in [0.1, 0.15) is 11.6 Å². The van der Waals surface area contributed by atoms with Crippen molar-refractivity contribution < 1.29 is 4.39 Å². The number of rotatable bonds is 2. The van der Waals surface area contributed by atoms with Crippen LogP contribution < -0.4 is 5.73 Å². The fourth-order valence-corrected chi connectivity index (χ4v) is 0.973. The van der Waals surface area contributed by atoms with Crippen LogP contribution in [0.2, 0.25) is 5.02 Å². The van der Waals surface area contributed by atoms with Gasteiger partial charge in [-0.15, -0.1) is 6.58 Å². The van der Waals surface area contributed by atoms with E-state index in [1.807, 2.05) is 0 Å². The molecule has 0 amide bonds. The highest BCUT2D eigenvalue weighted by Gasteiger charge is 2.04. The molecule has 0 fully saturated rings. The van der Waals surface area contributed by atoms with E-state index >= 15 is 0 Å². The van der Waals surface area contributed by atoms with Crippen LogP contribution in [0.5, 0.6) is 0 Å². The van der Waals surface area contributed by atoms with Gasteiger partial charge in [0, 0.05) is 6.04 Å². The van der Waals surface area contributed by atoms with Crippen LogP contribution in [-0.4, -0.2) is 0 Å². The average molecular weight is 186 g/mol. The van der Waals surface area contributed by atoms with Gasteiger partial charge in [0.25, 0.3) is 0 Å². The van der Waals surface area contributed by atoms with Gasteiger partial charge in [-0.25, -0.2) is 4.39 Å². The van der Waals surface area contributed by atoms with Crippen molar-refractivity contribution in [3.8, 4) is 0 Å². The maximum Gasteiger partial charge on any atom is 0.142 e. The molecule has 0 bridgehead atoms. The number of nitrogens with two attached hydrogens (primary N) is 1. The Labute approximate surface area is 75.6 Å². The first-order valence-electron chi connectivity index (χ1n) is 3.48. The van der Waals surface area contributed by atoms with Gasteiger partial charge in [-0.2, -0.15) is 0 Å². The smallest absolute Gasteiger partial charge is 0.142 e. The van der Waals surface area contributed by atoms with Crippen molar-refractivity contribution in [1.82, 2.24) is 0 Å². The molecular formula is C9H9ClFN. The standard InChI is InChI=1S/C9H9ClFN/c1-2-9(12)6-3-4-7(10)8(11)5-6/h2-5,9H,1,12H2/t9-/m0/s1. The third-order valence-electron chi connectivity index (χ3n) is 1.58. The van der Waals surface area contributed by atoms with E-state index in [9.17, 15) is 4.39 Å². The second kappa shape index (κ2) is 3.70. The molecule has 0 unspecified atom stereocenters. The Morgan fingerprint density at radius 3 is 2.75 bits per heavy atom. The predicted octanol–water partition coefficient (Wildman–Crippen LogP) is 2.66. The summed E-state index contributed by atoms with van der Waals surface area (Å²) < 4.78 is 12.9. The Hall–Kier alpha value is -0.860. The van der Waals surface area contributed by atoms with E-state index in [2.05, 4.69) is 6.58 Å². The van der Waals surface area contributed by atoms with Gasteiger partial charge < -0.3 is 5.73 Å². The summed E-state index contributed by atoms with van der Waals surface area (Å²) in [5.41, 5.74) is 6.26. The molecule has 0 saturated carbocycles. The molecule has 0 aliphatic carbocycles. The molecule has 0 saturated heterocycles. The molecule has 2 N–H and O–H groups in total. The molecule has 0 radical (unpaired) electrons. The SMILES string of the molecule is C=C[C@H](N)c1ccc(Cl)c(F)c1. The number of halogens is 2. The summed E-state index contributed by atoms with van der Waals surface area (Å²) in [6.45, 7) is 3.51. The molecule has 0 spiro atoms. The van der Waals surface area contributed by atoms with E-state index < -0.39 is 5.82 Å². The molecule has 1 aromatic rings. The first kappa shape index (κ1) is 9.23. The Balaban J connectivity index is 3.04. The van der Waals surface area contributed by atoms with E-state index in [0.29, 0.717) is 5.56 Å². The van der Waals surface area contributed by atoms with Crippen molar-refractivity contribution in [2.45, 2.75) is 6.04 Å². The normalized spacial score (nSPS) is 12.6. The van der Waals surface area contributed by atoms with Crippen LogP contribution in [0.4, 0.5) is 4.39 Å². The molecule has 0 aliphatic heterocycles. The van der Waals surface area contributed by atoms with Crippen LogP contribution in [0.25, 0.3) is 0 Å². The largest absolute Gasteiger partial charge is 0.321 e. The predicted molar refractivity (Wildman–Crippen MR) is 48.5 cm³/mol. The van der Waals surface area contributed by atoms with Crippen LogP contribution >= 0.6 is 11.6 Å². The summed E-state index contributed by atoms with van der Waals surface area (Å²) in [7, 11) is 0. The van der Waals surface area contributed by atoms with Crippen LogP contribution in [0, 0.1) is 5.82 Å². The minimum absolute atomic E-state index is 0.106.